The SMILES string of the molecule is O=C(NCC1CCOCC1)c1ccc(NC(=O)C2(c3ccc(C(F)(F)F)cc3F)CC2)cc1-c1nnn[nH]1. The first kappa shape index (κ1) is 25.8. The maximum atomic E-state index is 14.7. The van der Waals surface area contributed by atoms with Gasteiger partial charge in [-0.3, -0.25) is 9.59 Å². The Morgan fingerprint density at radius 2 is 1.87 bits per heavy atom. The Morgan fingerprint density at radius 1 is 1.11 bits per heavy atom. The zero-order valence-electron chi connectivity index (χ0n) is 20.1. The lowest BCUT2D eigenvalue weighted by atomic mass is 9.93. The van der Waals surface area contributed by atoms with E-state index < -0.39 is 28.9 Å². The van der Waals surface area contributed by atoms with E-state index in [1.165, 1.54) is 18.2 Å². The molecule has 200 valence electrons. The predicted octanol–water partition coefficient (Wildman–Crippen LogP) is 3.85. The van der Waals surface area contributed by atoms with Gasteiger partial charge in [0.05, 0.1) is 16.5 Å². The Morgan fingerprint density at radius 3 is 2.50 bits per heavy atom. The fourth-order valence-electron chi connectivity index (χ4n) is 4.65. The number of hydrogen-bond acceptors (Lipinski definition) is 6. The number of carbonyl (C=O) groups excluding carboxylic acids is 2. The Bertz CT molecular complexity index is 1340. The van der Waals surface area contributed by atoms with E-state index in [4.69, 9.17) is 4.74 Å². The molecule has 3 aromatic rings. The normalized spacial score (nSPS) is 17.2. The molecule has 13 heteroatoms. The smallest absolute Gasteiger partial charge is 0.381 e. The second kappa shape index (κ2) is 10.1. The summed E-state index contributed by atoms with van der Waals surface area (Å²) in [5.74, 6) is -1.48. The molecule has 1 saturated heterocycles. The molecule has 0 spiro atoms. The second-order valence-electron chi connectivity index (χ2n) is 9.50. The first-order valence-electron chi connectivity index (χ1n) is 12.1. The summed E-state index contributed by atoms with van der Waals surface area (Å²) in [5, 5.41) is 19.2. The van der Waals surface area contributed by atoms with Gasteiger partial charge in [-0.2, -0.15) is 13.2 Å². The molecule has 1 aliphatic heterocycles. The number of amides is 2. The van der Waals surface area contributed by atoms with Crippen LogP contribution in [-0.4, -0.2) is 52.2 Å². The predicted molar refractivity (Wildman–Crippen MR) is 126 cm³/mol. The maximum absolute atomic E-state index is 14.7. The van der Waals surface area contributed by atoms with Crippen molar-refractivity contribution in [2.24, 2.45) is 5.92 Å². The highest BCUT2D eigenvalue weighted by molar-refractivity contribution is 6.04. The lowest BCUT2D eigenvalue weighted by molar-refractivity contribution is -0.137. The minimum Gasteiger partial charge on any atom is -0.381 e. The monoisotopic (exact) mass is 532 g/mol. The molecule has 0 unspecified atom stereocenters. The van der Waals surface area contributed by atoms with Gasteiger partial charge in [0.15, 0.2) is 5.82 Å². The molecule has 2 heterocycles. The van der Waals surface area contributed by atoms with Crippen LogP contribution in [0.15, 0.2) is 36.4 Å². The van der Waals surface area contributed by atoms with E-state index in [0.717, 1.165) is 25.0 Å². The molecule has 0 bridgehead atoms. The maximum Gasteiger partial charge on any atom is 0.416 e. The number of nitrogens with one attached hydrogen (secondary N) is 3. The number of tetrazole rings is 1. The molecule has 1 aromatic heterocycles. The molecule has 5 rings (SSSR count). The molecular formula is C25H24F4N6O3. The molecule has 0 radical (unpaired) electrons. The quantitative estimate of drug-likeness (QED) is 0.398. The molecule has 2 fully saturated rings. The average Bonchev–Trinajstić information content (AvgIpc) is 3.52. The van der Waals surface area contributed by atoms with Crippen LogP contribution in [0.1, 0.15) is 47.2 Å². The Balaban J connectivity index is 1.35. The number of ether oxygens (including phenoxy) is 1. The first-order chi connectivity index (χ1) is 18.2. The Labute approximate surface area is 214 Å². The third-order valence-electron chi connectivity index (χ3n) is 7.01. The van der Waals surface area contributed by atoms with Gasteiger partial charge >= 0.3 is 6.18 Å². The molecule has 3 N–H and O–H groups in total. The highest BCUT2D eigenvalue weighted by Crippen LogP contribution is 2.50. The van der Waals surface area contributed by atoms with Crippen molar-refractivity contribution in [1.29, 1.82) is 0 Å². The van der Waals surface area contributed by atoms with Crippen molar-refractivity contribution in [3.05, 3.63) is 58.9 Å². The number of H-pyrrole nitrogens is 1. The molecule has 2 aliphatic rings. The fourth-order valence-corrected chi connectivity index (χ4v) is 4.65. The molecule has 9 nitrogen and oxygen atoms in total. The van der Waals surface area contributed by atoms with Crippen molar-refractivity contribution in [3.8, 4) is 11.4 Å². The van der Waals surface area contributed by atoms with Gasteiger partial charge in [0.2, 0.25) is 5.91 Å². The van der Waals surface area contributed by atoms with Crippen molar-refractivity contribution in [2.75, 3.05) is 25.1 Å². The Hall–Kier alpha value is -3.87. The van der Waals surface area contributed by atoms with E-state index in [2.05, 4.69) is 31.3 Å². The van der Waals surface area contributed by atoms with Crippen LogP contribution in [-0.2, 0) is 21.1 Å². The number of rotatable bonds is 7. The number of alkyl halides is 3. The van der Waals surface area contributed by atoms with Crippen LogP contribution in [0.3, 0.4) is 0 Å². The van der Waals surface area contributed by atoms with Crippen LogP contribution >= 0.6 is 0 Å². The highest BCUT2D eigenvalue weighted by atomic mass is 19.4. The van der Waals surface area contributed by atoms with Crippen LogP contribution in [0.4, 0.5) is 23.2 Å². The van der Waals surface area contributed by atoms with Crippen molar-refractivity contribution in [3.63, 3.8) is 0 Å². The fraction of sp³-hybridized carbons (Fsp3) is 0.400. The summed E-state index contributed by atoms with van der Waals surface area (Å²) in [6, 6.07) is 6.75. The molecule has 1 saturated carbocycles. The van der Waals surface area contributed by atoms with E-state index in [1.54, 1.807) is 0 Å². The third-order valence-corrected chi connectivity index (χ3v) is 7.01. The van der Waals surface area contributed by atoms with Gasteiger partial charge < -0.3 is 15.4 Å². The van der Waals surface area contributed by atoms with Crippen LogP contribution in [0.5, 0.6) is 0 Å². The molecule has 2 aromatic carbocycles. The van der Waals surface area contributed by atoms with Crippen molar-refractivity contribution in [1.82, 2.24) is 25.9 Å². The van der Waals surface area contributed by atoms with E-state index >= 15 is 0 Å². The van der Waals surface area contributed by atoms with Crippen molar-refractivity contribution in [2.45, 2.75) is 37.3 Å². The van der Waals surface area contributed by atoms with Crippen LogP contribution in [0, 0.1) is 11.7 Å². The van der Waals surface area contributed by atoms with Crippen LogP contribution in [0.2, 0.25) is 0 Å². The van der Waals surface area contributed by atoms with Gasteiger partial charge in [0.1, 0.15) is 5.82 Å². The van der Waals surface area contributed by atoms with E-state index in [-0.39, 0.29) is 35.7 Å². The number of carbonyl (C=O) groups is 2. The average molecular weight is 532 g/mol. The largest absolute Gasteiger partial charge is 0.416 e. The second-order valence-corrected chi connectivity index (χ2v) is 9.50. The molecule has 1 aliphatic carbocycles. The van der Waals surface area contributed by atoms with E-state index in [9.17, 15) is 27.2 Å². The number of aromatic amines is 1. The number of anilines is 1. The van der Waals surface area contributed by atoms with Gasteiger partial charge in [-0.1, -0.05) is 6.07 Å². The first-order valence-corrected chi connectivity index (χ1v) is 12.1. The minimum absolute atomic E-state index is 0.0910. The lowest BCUT2D eigenvalue weighted by Crippen LogP contribution is -2.32. The summed E-state index contributed by atoms with van der Waals surface area (Å²) in [6.45, 7) is 1.79. The summed E-state index contributed by atoms with van der Waals surface area (Å²) in [7, 11) is 0. The lowest BCUT2D eigenvalue weighted by Gasteiger charge is -2.22. The van der Waals surface area contributed by atoms with Gasteiger partial charge in [-0.05, 0) is 72.4 Å². The van der Waals surface area contributed by atoms with E-state index in [1.807, 2.05) is 0 Å². The van der Waals surface area contributed by atoms with Gasteiger partial charge in [-0.15, -0.1) is 5.10 Å². The summed E-state index contributed by atoms with van der Waals surface area (Å²) in [5.41, 5.74) is -1.58. The minimum atomic E-state index is -4.69. The molecular weight excluding hydrogens is 508 g/mol. The number of benzene rings is 2. The van der Waals surface area contributed by atoms with Gasteiger partial charge in [-0.25, -0.2) is 9.49 Å². The summed E-state index contributed by atoms with van der Waals surface area (Å²) >= 11 is 0. The Kier molecular flexibility index (Phi) is 6.86. The number of nitrogens with zero attached hydrogens (tertiary/aromatic N) is 3. The topological polar surface area (TPSA) is 122 Å². The van der Waals surface area contributed by atoms with Gasteiger partial charge in [0, 0.05) is 36.6 Å². The summed E-state index contributed by atoms with van der Waals surface area (Å²) < 4.78 is 58.8. The number of aromatic nitrogens is 4. The van der Waals surface area contributed by atoms with Gasteiger partial charge in [0.25, 0.3) is 5.91 Å². The molecule has 2 amide bonds. The summed E-state index contributed by atoms with van der Waals surface area (Å²) in [4.78, 5) is 26.2. The standard InChI is InChI=1S/C25H24F4N6O3/c26-20-11-15(25(27,28)29)1-4-19(20)24(7-8-24)23(37)31-16-2-3-17(18(12-16)21-32-34-35-33-21)22(36)30-13-14-5-9-38-10-6-14/h1-4,11-12,14H,5-10,13H2,(H,30,36)(H,31,37)(H,32,33,34,35). The van der Waals surface area contributed by atoms with E-state index in [0.29, 0.717) is 43.0 Å². The zero-order valence-corrected chi connectivity index (χ0v) is 20.1. The zero-order chi connectivity index (χ0) is 26.9. The van der Waals surface area contributed by atoms with Crippen LogP contribution in [0.25, 0.3) is 11.4 Å². The molecule has 38 heavy (non-hydrogen) atoms. The summed E-state index contributed by atoms with van der Waals surface area (Å²) in [6.07, 6.45) is -2.42. The highest BCUT2D eigenvalue weighted by Gasteiger charge is 2.53. The number of hydrogen-bond donors (Lipinski definition) is 3. The van der Waals surface area contributed by atoms with Crippen molar-refractivity contribution < 1.29 is 31.9 Å². The third kappa shape index (κ3) is 5.23. The number of halogens is 4. The van der Waals surface area contributed by atoms with Crippen molar-refractivity contribution >= 4 is 17.5 Å². The molecule has 0 atom stereocenters. The van der Waals surface area contributed by atoms with Crippen LogP contribution < -0.4 is 10.6 Å².